The van der Waals surface area contributed by atoms with Crippen molar-refractivity contribution in [3.8, 4) is 11.5 Å². The highest BCUT2D eigenvalue weighted by atomic mass is 16.5. The van der Waals surface area contributed by atoms with Crippen LogP contribution in [0.4, 0.5) is 5.82 Å². The van der Waals surface area contributed by atoms with Crippen molar-refractivity contribution >= 4 is 22.7 Å². The Morgan fingerprint density at radius 2 is 2.15 bits per heavy atom. The first-order valence-electron chi connectivity index (χ1n) is 6.22. The second-order valence-corrected chi connectivity index (χ2v) is 4.62. The number of fused-ring (bicyclic) bond motifs is 1. The molecule has 0 atom stereocenters. The number of pyridine rings is 1. The molecule has 0 aliphatic carbocycles. The maximum Gasteiger partial charge on any atom is 0.322 e. The predicted octanol–water partition coefficient (Wildman–Crippen LogP) is 2.22. The lowest BCUT2D eigenvalue weighted by Gasteiger charge is -2.11. The number of ether oxygens (including phenoxy) is 1. The van der Waals surface area contributed by atoms with E-state index >= 15 is 0 Å². The van der Waals surface area contributed by atoms with Crippen molar-refractivity contribution in [3.63, 3.8) is 0 Å². The first kappa shape index (κ1) is 13.9. The SMILES string of the molecule is CC(C)Oc1ccc2nc(NCC(=O)O)c(O)cc2c1. The van der Waals surface area contributed by atoms with Gasteiger partial charge < -0.3 is 20.3 Å². The highest BCUT2D eigenvalue weighted by Gasteiger charge is 2.08. The van der Waals surface area contributed by atoms with Crippen molar-refractivity contribution in [1.29, 1.82) is 0 Å². The molecular formula is C14H16N2O4. The number of hydrogen-bond donors (Lipinski definition) is 3. The molecule has 20 heavy (non-hydrogen) atoms. The number of anilines is 1. The Kier molecular flexibility index (Phi) is 3.93. The topological polar surface area (TPSA) is 91.7 Å². The van der Waals surface area contributed by atoms with Gasteiger partial charge in [0.25, 0.3) is 0 Å². The quantitative estimate of drug-likeness (QED) is 0.775. The van der Waals surface area contributed by atoms with E-state index in [0.717, 1.165) is 5.39 Å². The molecule has 2 rings (SSSR count). The van der Waals surface area contributed by atoms with E-state index in [4.69, 9.17) is 9.84 Å². The molecule has 2 aromatic rings. The summed E-state index contributed by atoms with van der Waals surface area (Å²) in [5, 5.41) is 21.7. The summed E-state index contributed by atoms with van der Waals surface area (Å²) in [5.41, 5.74) is 0.645. The minimum absolute atomic E-state index is 0.0607. The van der Waals surface area contributed by atoms with Crippen LogP contribution in [0.25, 0.3) is 10.9 Å². The van der Waals surface area contributed by atoms with Crippen molar-refractivity contribution in [3.05, 3.63) is 24.3 Å². The van der Waals surface area contributed by atoms with Crippen molar-refractivity contribution in [2.24, 2.45) is 0 Å². The van der Waals surface area contributed by atoms with Crippen molar-refractivity contribution in [2.45, 2.75) is 20.0 Å². The fraction of sp³-hybridized carbons (Fsp3) is 0.286. The molecule has 1 aromatic heterocycles. The third kappa shape index (κ3) is 3.28. The van der Waals surface area contributed by atoms with Crippen molar-refractivity contribution in [2.75, 3.05) is 11.9 Å². The van der Waals surface area contributed by atoms with Gasteiger partial charge in [-0.1, -0.05) is 0 Å². The zero-order valence-corrected chi connectivity index (χ0v) is 11.3. The first-order valence-corrected chi connectivity index (χ1v) is 6.22. The summed E-state index contributed by atoms with van der Waals surface area (Å²) < 4.78 is 5.57. The average Bonchev–Trinajstić information content (AvgIpc) is 2.35. The largest absolute Gasteiger partial charge is 0.504 e. The Morgan fingerprint density at radius 3 is 2.80 bits per heavy atom. The Balaban J connectivity index is 2.32. The van der Waals surface area contributed by atoms with Crippen molar-refractivity contribution in [1.82, 2.24) is 4.98 Å². The van der Waals surface area contributed by atoms with E-state index in [-0.39, 0.29) is 24.2 Å². The van der Waals surface area contributed by atoms with Crippen LogP contribution in [0, 0.1) is 0 Å². The number of rotatable bonds is 5. The Labute approximate surface area is 116 Å². The van der Waals surface area contributed by atoms with Gasteiger partial charge in [0, 0.05) is 5.39 Å². The molecule has 6 heteroatoms. The van der Waals surface area contributed by atoms with E-state index in [2.05, 4.69) is 10.3 Å². The van der Waals surface area contributed by atoms with Gasteiger partial charge in [-0.05, 0) is 38.1 Å². The molecule has 0 aliphatic rings. The van der Waals surface area contributed by atoms with Crippen LogP contribution in [0.2, 0.25) is 0 Å². The molecule has 0 aliphatic heterocycles. The maximum atomic E-state index is 10.5. The van der Waals surface area contributed by atoms with Gasteiger partial charge in [0.2, 0.25) is 0 Å². The molecule has 0 spiro atoms. The number of aliphatic carboxylic acids is 1. The van der Waals surface area contributed by atoms with Crippen LogP contribution in [-0.4, -0.2) is 33.8 Å². The van der Waals surface area contributed by atoms with E-state index in [1.807, 2.05) is 13.8 Å². The zero-order chi connectivity index (χ0) is 14.7. The Hall–Kier alpha value is -2.50. The van der Waals surface area contributed by atoms with E-state index in [1.165, 1.54) is 6.07 Å². The molecule has 0 radical (unpaired) electrons. The first-order chi connectivity index (χ1) is 9.45. The second-order valence-electron chi connectivity index (χ2n) is 4.62. The fourth-order valence-electron chi connectivity index (χ4n) is 1.78. The summed E-state index contributed by atoms with van der Waals surface area (Å²) in [6, 6.07) is 6.86. The van der Waals surface area contributed by atoms with E-state index in [0.29, 0.717) is 11.3 Å². The summed E-state index contributed by atoms with van der Waals surface area (Å²) in [6.07, 6.45) is 0.0607. The highest BCUT2D eigenvalue weighted by molar-refractivity contribution is 5.85. The van der Waals surface area contributed by atoms with E-state index < -0.39 is 5.97 Å². The number of benzene rings is 1. The third-order valence-corrected chi connectivity index (χ3v) is 2.54. The zero-order valence-electron chi connectivity index (χ0n) is 11.3. The van der Waals surface area contributed by atoms with E-state index in [9.17, 15) is 9.90 Å². The minimum Gasteiger partial charge on any atom is -0.504 e. The van der Waals surface area contributed by atoms with Crippen LogP contribution in [0.3, 0.4) is 0 Å². The lowest BCUT2D eigenvalue weighted by Crippen LogP contribution is -2.13. The van der Waals surface area contributed by atoms with Crippen LogP contribution < -0.4 is 10.1 Å². The van der Waals surface area contributed by atoms with E-state index in [1.54, 1.807) is 18.2 Å². The number of carboxylic acids is 1. The number of aromatic hydroxyl groups is 1. The lowest BCUT2D eigenvalue weighted by atomic mass is 10.2. The second kappa shape index (κ2) is 5.64. The summed E-state index contributed by atoms with van der Waals surface area (Å²) >= 11 is 0. The van der Waals surface area contributed by atoms with Gasteiger partial charge in [-0.25, -0.2) is 4.98 Å². The predicted molar refractivity (Wildman–Crippen MR) is 75.3 cm³/mol. The van der Waals surface area contributed by atoms with Crippen molar-refractivity contribution < 1.29 is 19.7 Å². The Bertz CT molecular complexity index is 640. The molecule has 0 bridgehead atoms. The molecule has 106 valence electrons. The molecule has 0 unspecified atom stereocenters. The summed E-state index contributed by atoms with van der Waals surface area (Å²) in [7, 11) is 0. The van der Waals surface area contributed by atoms with Crippen LogP contribution in [-0.2, 0) is 4.79 Å². The number of carbonyl (C=O) groups is 1. The molecule has 3 N–H and O–H groups in total. The molecule has 6 nitrogen and oxygen atoms in total. The fourth-order valence-corrected chi connectivity index (χ4v) is 1.78. The number of hydrogen-bond acceptors (Lipinski definition) is 5. The lowest BCUT2D eigenvalue weighted by molar-refractivity contribution is -0.134. The molecule has 1 heterocycles. The minimum atomic E-state index is -1.02. The highest BCUT2D eigenvalue weighted by Crippen LogP contribution is 2.28. The van der Waals surface area contributed by atoms with Gasteiger partial charge in [0.05, 0.1) is 11.6 Å². The van der Waals surface area contributed by atoms with Crippen LogP contribution in [0.5, 0.6) is 11.5 Å². The molecular weight excluding hydrogens is 260 g/mol. The van der Waals surface area contributed by atoms with Gasteiger partial charge in [0.1, 0.15) is 12.3 Å². The standard InChI is InChI=1S/C14H16N2O4/c1-8(2)20-10-3-4-11-9(5-10)6-12(17)14(16-11)15-7-13(18)19/h3-6,8,17H,7H2,1-2H3,(H,15,16)(H,18,19). The third-order valence-electron chi connectivity index (χ3n) is 2.54. The normalized spacial score (nSPS) is 10.8. The van der Waals surface area contributed by atoms with Gasteiger partial charge in [-0.15, -0.1) is 0 Å². The number of aromatic nitrogens is 1. The van der Waals surface area contributed by atoms with Crippen LogP contribution in [0.1, 0.15) is 13.8 Å². The number of carboxylic acid groups (broad SMARTS) is 1. The molecule has 0 amide bonds. The maximum absolute atomic E-state index is 10.5. The van der Waals surface area contributed by atoms with Crippen LogP contribution >= 0.6 is 0 Å². The smallest absolute Gasteiger partial charge is 0.322 e. The molecule has 0 fully saturated rings. The monoisotopic (exact) mass is 276 g/mol. The van der Waals surface area contributed by atoms with Gasteiger partial charge in [0.15, 0.2) is 11.6 Å². The molecule has 0 saturated carbocycles. The molecule has 0 saturated heterocycles. The summed E-state index contributed by atoms with van der Waals surface area (Å²) in [4.78, 5) is 14.7. The van der Waals surface area contributed by atoms with Crippen LogP contribution in [0.15, 0.2) is 24.3 Å². The molecule has 1 aromatic carbocycles. The summed E-state index contributed by atoms with van der Waals surface area (Å²) in [5.74, 6) is -0.273. The van der Waals surface area contributed by atoms with Gasteiger partial charge in [-0.3, -0.25) is 4.79 Å². The number of nitrogens with zero attached hydrogens (tertiary/aromatic N) is 1. The number of nitrogens with one attached hydrogen (secondary N) is 1. The van der Waals surface area contributed by atoms with Gasteiger partial charge in [-0.2, -0.15) is 0 Å². The average molecular weight is 276 g/mol. The Morgan fingerprint density at radius 1 is 1.40 bits per heavy atom. The summed E-state index contributed by atoms with van der Waals surface area (Å²) in [6.45, 7) is 3.55. The van der Waals surface area contributed by atoms with Gasteiger partial charge >= 0.3 is 5.97 Å².